The van der Waals surface area contributed by atoms with Gasteiger partial charge in [-0.15, -0.1) is 0 Å². The van der Waals surface area contributed by atoms with Crippen LogP contribution in [0.5, 0.6) is 0 Å². The molecule has 170 valence electrons. The summed E-state index contributed by atoms with van der Waals surface area (Å²) in [6, 6.07) is 4.04. The highest BCUT2D eigenvalue weighted by atomic mass is 19.1. The van der Waals surface area contributed by atoms with E-state index in [-0.39, 0.29) is 41.7 Å². The van der Waals surface area contributed by atoms with Gasteiger partial charge in [0.2, 0.25) is 5.91 Å². The number of ether oxygens (including phenoxy) is 1. The Morgan fingerprint density at radius 3 is 2.66 bits per heavy atom. The zero-order valence-electron chi connectivity index (χ0n) is 17.8. The molecule has 1 aliphatic heterocycles. The topological polar surface area (TPSA) is 110 Å². The SMILES string of the molecule is NC(=O)[C@]12CC3CC(C1)C(OC(=O)N1CC[C@H](n4c(=O)[nH]c5cc(F)ccc54)C1)[C@@H](C3)C2. The van der Waals surface area contributed by atoms with Crippen LogP contribution in [0, 0.1) is 29.0 Å². The molecular formula is C23H27FN4O4. The summed E-state index contributed by atoms with van der Waals surface area (Å²) in [6.45, 7) is 0.874. The monoisotopic (exact) mass is 442 g/mol. The molecular weight excluding hydrogens is 415 g/mol. The summed E-state index contributed by atoms with van der Waals surface area (Å²) in [5.41, 5.74) is 6.13. The number of nitrogens with one attached hydrogen (secondary N) is 1. The van der Waals surface area contributed by atoms with Gasteiger partial charge >= 0.3 is 11.8 Å². The minimum atomic E-state index is -0.409. The number of benzene rings is 1. The number of imidazole rings is 1. The molecule has 5 fully saturated rings. The molecule has 2 heterocycles. The predicted molar refractivity (Wildman–Crippen MR) is 113 cm³/mol. The van der Waals surface area contributed by atoms with Gasteiger partial charge in [-0.05, 0) is 74.5 Å². The fourth-order valence-corrected chi connectivity index (χ4v) is 7.25. The average molecular weight is 442 g/mol. The van der Waals surface area contributed by atoms with Crippen molar-refractivity contribution in [2.24, 2.45) is 28.9 Å². The Balaban J connectivity index is 1.16. The lowest BCUT2D eigenvalue weighted by Gasteiger charge is -2.58. The number of fused-ring (bicyclic) bond motifs is 1. The lowest BCUT2D eigenvalue weighted by atomic mass is 9.48. The van der Waals surface area contributed by atoms with Gasteiger partial charge < -0.3 is 20.4 Å². The summed E-state index contributed by atoms with van der Waals surface area (Å²) in [7, 11) is 0. The Kier molecular flexibility index (Phi) is 4.23. The molecule has 5 aliphatic rings. The smallest absolute Gasteiger partial charge is 0.410 e. The third-order valence-electron chi connectivity index (χ3n) is 8.41. The number of hydrogen-bond acceptors (Lipinski definition) is 4. The number of rotatable bonds is 3. The molecule has 6 atom stereocenters. The van der Waals surface area contributed by atoms with Gasteiger partial charge in [-0.2, -0.15) is 0 Å². The number of carbonyl (C=O) groups is 2. The van der Waals surface area contributed by atoms with Gasteiger partial charge in [0.05, 0.1) is 22.5 Å². The summed E-state index contributed by atoms with van der Waals surface area (Å²) in [6.07, 6.45) is 4.42. The zero-order valence-corrected chi connectivity index (χ0v) is 17.8. The van der Waals surface area contributed by atoms with E-state index in [4.69, 9.17) is 10.5 Å². The van der Waals surface area contributed by atoms with E-state index in [0.29, 0.717) is 36.5 Å². The lowest BCUT2D eigenvalue weighted by molar-refractivity contribution is -0.161. The van der Waals surface area contributed by atoms with Crippen molar-refractivity contribution in [3.05, 3.63) is 34.5 Å². The minimum Gasteiger partial charge on any atom is -0.446 e. The normalized spacial score (nSPS) is 35.5. The van der Waals surface area contributed by atoms with E-state index in [1.54, 1.807) is 15.5 Å². The molecule has 1 aromatic heterocycles. The van der Waals surface area contributed by atoms with Crippen molar-refractivity contribution in [2.75, 3.05) is 13.1 Å². The van der Waals surface area contributed by atoms with Crippen molar-refractivity contribution in [1.82, 2.24) is 14.5 Å². The van der Waals surface area contributed by atoms with Gasteiger partial charge in [0, 0.05) is 13.1 Å². The zero-order chi connectivity index (χ0) is 22.2. The first kappa shape index (κ1) is 19.8. The van der Waals surface area contributed by atoms with Crippen LogP contribution >= 0.6 is 0 Å². The quantitative estimate of drug-likeness (QED) is 0.761. The Morgan fingerprint density at radius 2 is 1.94 bits per heavy atom. The first-order valence-electron chi connectivity index (χ1n) is 11.5. The third-order valence-corrected chi connectivity index (χ3v) is 8.41. The second kappa shape index (κ2) is 6.83. The number of H-pyrrole nitrogens is 1. The molecule has 9 heteroatoms. The van der Waals surface area contributed by atoms with Gasteiger partial charge in [-0.25, -0.2) is 14.0 Å². The maximum absolute atomic E-state index is 13.5. The summed E-state index contributed by atoms with van der Waals surface area (Å²) in [5, 5.41) is 0. The largest absolute Gasteiger partial charge is 0.446 e. The van der Waals surface area contributed by atoms with Gasteiger partial charge in [-0.1, -0.05) is 0 Å². The highest BCUT2D eigenvalue weighted by Gasteiger charge is 2.59. The summed E-state index contributed by atoms with van der Waals surface area (Å²) >= 11 is 0. The van der Waals surface area contributed by atoms with Crippen LogP contribution in [0.25, 0.3) is 11.0 Å². The third kappa shape index (κ3) is 2.89. The number of halogens is 1. The molecule has 0 radical (unpaired) electrons. The van der Waals surface area contributed by atoms with Gasteiger partial charge in [0.1, 0.15) is 11.9 Å². The number of aromatic nitrogens is 2. The fraction of sp³-hybridized carbons (Fsp3) is 0.609. The summed E-state index contributed by atoms with van der Waals surface area (Å²) in [4.78, 5) is 42.0. The van der Waals surface area contributed by atoms with E-state index in [1.807, 2.05) is 0 Å². The van der Waals surface area contributed by atoms with Crippen molar-refractivity contribution in [3.8, 4) is 0 Å². The van der Waals surface area contributed by atoms with Crippen LogP contribution in [-0.2, 0) is 9.53 Å². The van der Waals surface area contributed by atoms with Crippen LogP contribution in [0.15, 0.2) is 23.0 Å². The minimum absolute atomic E-state index is 0.163. The number of amides is 2. The molecule has 2 amide bonds. The van der Waals surface area contributed by atoms with Crippen LogP contribution in [0.3, 0.4) is 0 Å². The molecule has 32 heavy (non-hydrogen) atoms. The van der Waals surface area contributed by atoms with Crippen molar-refractivity contribution in [1.29, 1.82) is 0 Å². The molecule has 7 rings (SSSR count). The molecule has 0 spiro atoms. The Morgan fingerprint density at radius 1 is 1.19 bits per heavy atom. The van der Waals surface area contributed by atoms with Gasteiger partial charge in [-0.3, -0.25) is 9.36 Å². The van der Waals surface area contributed by atoms with Crippen LogP contribution in [0.2, 0.25) is 0 Å². The standard InChI is InChI=1S/C23H27FN4O4/c24-15-1-2-18-17(7-15)26-21(30)28(18)16-3-4-27(11-16)22(31)32-19-13-5-12-6-14(19)10-23(8-12,9-13)20(25)29/h1-2,7,12-14,16,19H,3-6,8-11H2,(H2,25,29)(H,26,30)/t12?,13-,14?,16-,19?,23-/m0/s1. The summed E-state index contributed by atoms with van der Waals surface area (Å²) < 4.78 is 21.1. The summed E-state index contributed by atoms with van der Waals surface area (Å²) in [5.74, 6) is 0.290. The van der Waals surface area contributed by atoms with Crippen molar-refractivity contribution in [2.45, 2.75) is 50.7 Å². The molecule has 8 nitrogen and oxygen atoms in total. The number of aromatic amines is 1. The highest BCUT2D eigenvalue weighted by molar-refractivity contribution is 5.81. The second-order valence-electron chi connectivity index (χ2n) is 10.3. The first-order valence-corrected chi connectivity index (χ1v) is 11.5. The van der Waals surface area contributed by atoms with Crippen LogP contribution in [-0.4, -0.2) is 45.6 Å². The highest BCUT2D eigenvalue weighted by Crippen LogP contribution is 2.60. The molecule has 4 bridgehead atoms. The predicted octanol–water partition coefficient (Wildman–Crippen LogP) is 2.53. The van der Waals surface area contributed by atoms with Crippen LogP contribution < -0.4 is 11.4 Å². The van der Waals surface area contributed by atoms with Crippen LogP contribution in [0.1, 0.15) is 44.6 Å². The Bertz CT molecular complexity index is 1160. The molecule has 1 aromatic carbocycles. The van der Waals surface area contributed by atoms with E-state index < -0.39 is 11.2 Å². The Labute approximate surface area is 183 Å². The molecule has 2 aromatic rings. The number of hydrogen-bond donors (Lipinski definition) is 2. The number of likely N-dealkylation sites (tertiary alicyclic amines) is 1. The van der Waals surface area contributed by atoms with Crippen molar-refractivity contribution < 1.29 is 18.7 Å². The van der Waals surface area contributed by atoms with E-state index >= 15 is 0 Å². The van der Waals surface area contributed by atoms with E-state index in [0.717, 1.165) is 32.1 Å². The van der Waals surface area contributed by atoms with Gasteiger partial charge in [0.25, 0.3) is 0 Å². The maximum Gasteiger partial charge on any atom is 0.410 e. The van der Waals surface area contributed by atoms with Crippen molar-refractivity contribution >= 4 is 23.0 Å². The fourth-order valence-electron chi connectivity index (χ4n) is 7.25. The van der Waals surface area contributed by atoms with E-state index in [9.17, 15) is 18.8 Å². The van der Waals surface area contributed by atoms with E-state index in [2.05, 4.69) is 4.98 Å². The molecule has 3 N–H and O–H groups in total. The lowest BCUT2D eigenvalue weighted by Crippen LogP contribution is -2.59. The second-order valence-corrected chi connectivity index (χ2v) is 10.3. The molecule has 4 saturated carbocycles. The number of nitrogens with two attached hydrogens (primary N) is 1. The Hall–Kier alpha value is -2.84. The first-order chi connectivity index (χ1) is 15.3. The average Bonchev–Trinajstić information content (AvgIpc) is 3.33. The molecule has 4 aliphatic carbocycles. The number of carbonyl (C=O) groups excluding carboxylic acids is 2. The van der Waals surface area contributed by atoms with Crippen LogP contribution in [0.4, 0.5) is 9.18 Å². The molecule has 1 saturated heterocycles. The van der Waals surface area contributed by atoms with E-state index in [1.165, 1.54) is 12.1 Å². The van der Waals surface area contributed by atoms with Crippen molar-refractivity contribution in [3.63, 3.8) is 0 Å². The molecule has 3 unspecified atom stereocenters. The maximum atomic E-state index is 13.5. The number of primary amides is 1. The number of nitrogens with zero attached hydrogens (tertiary/aromatic N) is 2. The van der Waals surface area contributed by atoms with Gasteiger partial charge in [0.15, 0.2) is 0 Å².